The lowest BCUT2D eigenvalue weighted by molar-refractivity contribution is 0.231. The normalized spacial score (nSPS) is 17.3. The first kappa shape index (κ1) is 14.4. The maximum atomic E-state index is 12.0. The fraction of sp³-hybridized carbons (Fsp3) is 0.667. The molecule has 0 aromatic carbocycles. The van der Waals surface area contributed by atoms with Crippen molar-refractivity contribution in [3.8, 4) is 0 Å². The van der Waals surface area contributed by atoms with Crippen LogP contribution in [0.25, 0.3) is 0 Å². The van der Waals surface area contributed by atoms with Gasteiger partial charge in [-0.25, -0.2) is 4.79 Å². The van der Waals surface area contributed by atoms with Gasteiger partial charge in [0, 0.05) is 11.4 Å². The molecular formula is C15H24N2OS. The summed E-state index contributed by atoms with van der Waals surface area (Å²) >= 11 is 1.75. The van der Waals surface area contributed by atoms with Crippen LogP contribution < -0.4 is 10.6 Å². The smallest absolute Gasteiger partial charge is 0.315 e. The Hall–Kier alpha value is -1.03. The maximum absolute atomic E-state index is 12.0. The highest BCUT2D eigenvalue weighted by atomic mass is 32.1. The number of nitrogens with one attached hydrogen (secondary N) is 2. The van der Waals surface area contributed by atoms with Crippen molar-refractivity contribution < 1.29 is 4.79 Å². The van der Waals surface area contributed by atoms with E-state index in [-0.39, 0.29) is 12.1 Å². The van der Waals surface area contributed by atoms with Crippen molar-refractivity contribution in [1.29, 1.82) is 0 Å². The number of amides is 2. The molecule has 0 bridgehead atoms. The van der Waals surface area contributed by atoms with Crippen LogP contribution in [0.5, 0.6) is 0 Å². The zero-order valence-electron chi connectivity index (χ0n) is 11.7. The Morgan fingerprint density at radius 2 is 2.26 bits per heavy atom. The van der Waals surface area contributed by atoms with Crippen LogP contribution in [-0.4, -0.2) is 12.6 Å². The van der Waals surface area contributed by atoms with Gasteiger partial charge < -0.3 is 10.6 Å². The number of rotatable bonds is 6. The van der Waals surface area contributed by atoms with Crippen LogP contribution in [0.2, 0.25) is 0 Å². The number of thiophene rings is 1. The Kier molecular flexibility index (Phi) is 5.70. The zero-order valence-corrected chi connectivity index (χ0v) is 12.5. The third-order valence-electron chi connectivity index (χ3n) is 3.82. The van der Waals surface area contributed by atoms with E-state index in [1.54, 1.807) is 11.3 Å². The van der Waals surface area contributed by atoms with E-state index in [9.17, 15) is 4.79 Å². The fourth-order valence-electron chi connectivity index (χ4n) is 2.75. The van der Waals surface area contributed by atoms with Crippen LogP contribution in [-0.2, 0) is 0 Å². The summed E-state index contributed by atoms with van der Waals surface area (Å²) in [5.41, 5.74) is 0. The number of unbranched alkanes of at least 4 members (excludes halogenated alkanes) is 1. The highest BCUT2D eigenvalue weighted by Crippen LogP contribution is 2.37. The van der Waals surface area contributed by atoms with Gasteiger partial charge >= 0.3 is 6.03 Å². The van der Waals surface area contributed by atoms with Gasteiger partial charge in [-0.3, -0.25) is 0 Å². The minimum atomic E-state index is -0.0150. The van der Waals surface area contributed by atoms with Gasteiger partial charge in [-0.1, -0.05) is 32.3 Å². The standard InChI is InChI=1S/C15H24N2OS/c1-2-3-10-16-15(18)17-14(12-7-4-5-8-12)13-9-6-11-19-13/h6,9,11-12,14H,2-5,7-8,10H2,1H3,(H2,16,17,18). The van der Waals surface area contributed by atoms with Crippen molar-refractivity contribution in [2.75, 3.05) is 6.54 Å². The largest absolute Gasteiger partial charge is 0.338 e. The lowest BCUT2D eigenvalue weighted by Gasteiger charge is -2.24. The summed E-state index contributed by atoms with van der Waals surface area (Å²) < 4.78 is 0. The van der Waals surface area contributed by atoms with Crippen LogP contribution in [0.15, 0.2) is 17.5 Å². The molecule has 2 N–H and O–H groups in total. The fourth-order valence-corrected chi connectivity index (χ4v) is 3.62. The number of carbonyl (C=O) groups excluding carboxylic acids is 1. The molecule has 1 aliphatic rings. The highest BCUT2D eigenvalue weighted by molar-refractivity contribution is 7.10. The summed E-state index contributed by atoms with van der Waals surface area (Å²) in [7, 11) is 0. The van der Waals surface area contributed by atoms with E-state index in [0.717, 1.165) is 19.4 Å². The van der Waals surface area contributed by atoms with Gasteiger partial charge in [0.15, 0.2) is 0 Å². The molecule has 1 atom stereocenters. The molecule has 1 unspecified atom stereocenters. The minimum absolute atomic E-state index is 0.0150. The van der Waals surface area contributed by atoms with Gasteiger partial charge in [0.2, 0.25) is 0 Å². The van der Waals surface area contributed by atoms with Gasteiger partial charge in [-0.15, -0.1) is 11.3 Å². The molecule has 1 aliphatic carbocycles. The lowest BCUT2D eigenvalue weighted by atomic mass is 9.97. The van der Waals surface area contributed by atoms with E-state index in [4.69, 9.17) is 0 Å². The van der Waals surface area contributed by atoms with E-state index >= 15 is 0 Å². The van der Waals surface area contributed by atoms with Crippen LogP contribution in [0.4, 0.5) is 4.79 Å². The summed E-state index contributed by atoms with van der Waals surface area (Å²) in [6.45, 7) is 2.90. The van der Waals surface area contributed by atoms with Crippen molar-refractivity contribution in [3.05, 3.63) is 22.4 Å². The molecule has 4 heteroatoms. The monoisotopic (exact) mass is 280 g/mol. The Morgan fingerprint density at radius 1 is 1.47 bits per heavy atom. The van der Waals surface area contributed by atoms with E-state index in [1.807, 2.05) is 0 Å². The Morgan fingerprint density at radius 3 is 2.89 bits per heavy atom. The summed E-state index contributed by atoms with van der Waals surface area (Å²) in [5, 5.41) is 8.23. The predicted molar refractivity (Wildman–Crippen MR) is 80.5 cm³/mol. The number of hydrogen-bond donors (Lipinski definition) is 2. The van der Waals surface area contributed by atoms with Crippen LogP contribution in [0, 0.1) is 5.92 Å². The summed E-state index contributed by atoms with van der Waals surface area (Å²) in [6.07, 6.45) is 7.21. The van der Waals surface area contributed by atoms with Crippen LogP contribution >= 0.6 is 11.3 Å². The first-order valence-electron chi connectivity index (χ1n) is 7.39. The van der Waals surface area contributed by atoms with E-state index < -0.39 is 0 Å². The first-order chi connectivity index (χ1) is 9.31. The Bertz CT molecular complexity index is 372. The summed E-state index contributed by atoms with van der Waals surface area (Å²) in [5.74, 6) is 0.607. The Labute approximate surface area is 119 Å². The molecule has 0 aliphatic heterocycles. The molecule has 0 radical (unpaired) electrons. The van der Waals surface area contributed by atoms with Crippen molar-refractivity contribution in [3.63, 3.8) is 0 Å². The maximum Gasteiger partial charge on any atom is 0.315 e. The molecule has 1 fully saturated rings. The zero-order chi connectivity index (χ0) is 13.5. The third kappa shape index (κ3) is 4.23. The molecule has 106 valence electrons. The second-order valence-corrected chi connectivity index (χ2v) is 6.27. The average molecular weight is 280 g/mol. The van der Waals surface area contributed by atoms with Gasteiger partial charge in [-0.2, -0.15) is 0 Å². The third-order valence-corrected chi connectivity index (χ3v) is 4.78. The molecule has 2 amide bonds. The number of carbonyl (C=O) groups is 1. The van der Waals surface area contributed by atoms with E-state index in [0.29, 0.717) is 5.92 Å². The second-order valence-electron chi connectivity index (χ2n) is 5.29. The van der Waals surface area contributed by atoms with E-state index in [2.05, 4.69) is 35.1 Å². The molecule has 0 spiro atoms. The highest BCUT2D eigenvalue weighted by Gasteiger charge is 2.28. The molecule has 2 rings (SSSR count). The Balaban J connectivity index is 1.92. The van der Waals surface area contributed by atoms with Crippen LogP contribution in [0.3, 0.4) is 0 Å². The van der Waals surface area contributed by atoms with E-state index in [1.165, 1.54) is 30.6 Å². The SMILES string of the molecule is CCCCNC(=O)NC(c1cccs1)C1CCCC1. The topological polar surface area (TPSA) is 41.1 Å². The molecule has 19 heavy (non-hydrogen) atoms. The lowest BCUT2D eigenvalue weighted by Crippen LogP contribution is -2.40. The van der Waals surface area contributed by atoms with Gasteiger partial charge in [-0.05, 0) is 36.6 Å². The molecule has 1 aromatic heterocycles. The minimum Gasteiger partial charge on any atom is -0.338 e. The quantitative estimate of drug-likeness (QED) is 0.757. The predicted octanol–water partition coefficient (Wildman–Crippen LogP) is 4.08. The summed E-state index contributed by atoms with van der Waals surface area (Å²) in [6, 6.07) is 4.39. The second kappa shape index (κ2) is 7.53. The van der Waals surface area contributed by atoms with Gasteiger partial charge in [0.1, 0.15) is 0 Å². The van der Waals surface area contributed by atoms with Gasteiger partial charge in [0.25, 0.3) is 0 Å². The first-order valence-corrected chi connectivity index (χ1v) is 8.27. The number of urea groups is 1. The summed E-state index contributed by atoms with van der Waals surface area (Å²) in [4.78, 5) is 13.3. The molecule has 1 saturated carbocycles. The molecule has 1 heterocycles. The molecule has 0 saturated heterocycles. The average Bonchev–Trinajstić information content (AvgIpc) is 3.09. The van der Waals surface area contributed by atoms with Gasteiger partial charge in [0.05, 0.1) is 6.04 Å². The molecule has 1 aromatic rings. The molecular weight excluding hydrogens is 256 g/mol. The van der Waals surface area contributed by atoms with Crippen molar-refractivity contribution >= 4 is 17.4 Å². The van der Waals surface area contributed by atoms with Crippen molar-refractivity contribution in [1.82, 2.24) is 10.6 Å². The number of hydrogen-bond acceptors (Lipinski definition) is 2. The van der Waals surface area contributed by atoms with Crippen molar-refractivity contribution in [2.45, 2.75) is 51.5 Å². The van der Waals surface area contributed by atoms with Crippen molar-refractivity contribution in [2.24, 2.45) is 5.92 Å². The van der Waals surface area contributed by atoms with Crippen LogP contribution in [0.1, 0.15) is 56.4 Å². The molecule has 3 nitrogen and oxygen atoms in total.